The maximum Gasteiger partial charge on any atom is 0.333 e. The predicted octanol–water partition coefficient (Wildman–Crippen LogP) is 0.994. The number of carbonyl (C=O) groups excluding carboxylic acids is 5. The molecule has 31 heavy (non-hydrogen) atoms. The van der Waals surface area contributed by atoms with Gasteiger partial charge < -0.3 is 20.8 Å². The van der Waals surface area contributed by atoms with Gasteiger partial charge in [0.2, 0.25) is 5.91 Å². The van der Waals surface area contributed by atoms with E-state index in [0.717, 1.165) is 25.0 Å². The molecular formula is C20H30N4O6S. The monoisotopic (exact) mass is 454 g/mol. The minimum Gasteiger partial charge on any atom is -0.354 e. The number of nitrogens with one attached hydrogen (secondary N) is 3. The summed E-state index contributed by atoms with van der Waals surface area (Å²) in [4.78, 5) is 63.0. The van der Waals surface area contributed by atoms with Crippen LogP contribution in [0.25, 0.3) is 0 Å². The van der Waals surface area contributed by atoms with Crippen LogP contribution in [0.2, 0.25) is 0 Å². The summed E-state index contributed by atoms with van der Waals surface area (Å²) in [5.74, 6) is -0.687. The van der Waals surface area contributed by atoms with E-state index in [1.54, 1.807) is 0 Å². The summed E-state index contributed by atoms with van der Waals surface area (Å²) in [5, 5.41) is 9.78. The number of unbranched alkanes of at least 4 members (excludes halogenated alkanes) is 1. The summed E-state index contributed by atoms with van der Waals surface area (Å²) in [7, 11) is 0. The van der Waals surface area contributed by atoms with Crippen molar-refractivity contribution in [2.75, 3.05) is 5.75 Å². The third-order valence-electron chi connectivity index (χ3n) is 5.70. The molecule has 1 unspecified atom stereocenters. The molecular weight excluding hydrogens is 424 g/mol. The van der Waals surface area contributed by atoms with Gasteiger partial charge in [0.15, 0.2) is 0 Å². The molecule has 3 N–H and O–H groups in total. The number of hydroxylamine groups is 2. The molecule has 5 amide bonds. The van der Waals surface area contributed by atoms with Gasteiger partial charge in [-0.15, -0.1) is 5.06 Å². The largest absolute Gasteiger partial charge is 0.354 e. The molecule has 3 rings (SSSR count). The SMILES string of the molecule is CC(CCCC(=O)ON1C(=O)CCC1=O)NC(=O)CCCC[C@@H]1SC[C@@H]2NC(=O)N[C@@H]21. The average Bonchev–Trinajstić information content (AvgIpc) is 3.35. The van der Waals surface area contributed by atoms with Crippen LogP contribution in [0.1, 0.15) is 64.7 Å². The highest BCUT2D eigenvalue weighted by molar-refractivity contribution is 8.00. The van der Waals surface area contributed by atoms with E-state index >= 15 is 0 Å². The van der Waals surface area contributed by atoms with Crippen molar-refractivity contribution in [1.29, 1.82) is 0 Å². The molecule has 10 nitrogen and oxygen atoms in total. The van der Waals surface area contributed by atoms with E-state index in [1.165, 1.54) is 0 Å². The molecule has 3 saturated heterocycles. The highest BCUT2D eigenvalue weighted by Gasteiger charge is 2.42. The molecule has 3 aliphatic heterocycles. The number of amides is 5. The van der Waals surface area contributed by atoms with Crippen molar-refractivity contribution < 1.29 is 28.8 Å². The van der Waals surface area contributed by atoms with Crippen LogP contribution in [-0.4, -0.2) is 63.9 Å². The van der Waals surface area contributed by atoms with Crippen LogP contribution < -0.4 is 16.0 Å². The lowest BCUT2D eigenvalue weighted by molar-refractivity contribution is -0.197. The summed E-state index contributed by atoms with van der Waals surface area (Å²) in [5.41, 5.74) is 0. The van der Waals surface area contributed by atoms with Gasteiger partial charge in [-0.25, -0.2) is 9.59 Å². The van der Waals surface area contributed by atoms with Gasteiger partial charge in [-0.1, -0.05) is 6.42 Å². The number of nitrogens with zero attached hydrogens (tertiary/aromatic N) is 1. The van der Waals surface area contributed by atoms with Gasteiger partial charge in [-0.3, -0.25) is 14.4 Å². The molecule has 0 saturated carbocycles. The van der Waals surface area contributed by atoms with Crippen molar-refractivity contribution in [1.82, 2.24) is 21.0 Å². The minimum atomic E-state index is -0.622. The van der Waals surface area contributed by atoms with Gasteiger partial charge in [0.25, 0.3) is 11.8 Å². The first kappa shape index (κ1) is 23.4. The standard InChI is InChI=1S/C20H30N4O6S/c1-12(5-4-8-18(28)30-24-16(26)9-10-17(24)27)21-15(25)7-3-2-6-14-19-13(11-31-14)22-20(29)23-19/h12-14,19H,2-11H2,1H3,(H,21,25)(H2,22,23,29)/t12?,13-,14-,19-/m0/s1. The molecule has 3 heterocycles. The number of rotatable bonds is 11. The zero-order chi connectivity index (χ0) is 22.4. The third kappa shape index (κ3) is 6.59. The number of hydrogen-bond donors (Lipinski definition) is 3. The summed E-state index contributed by atoms with van der Waals surface area (Å²) in [6.45, 7) is 1.88. The zero-order valence-electron chi connectivity index (χ0n) is 17.7. The Morgan fingerprint density at radius 2 is 1.87 bits per heavy atom. The Kier molecular flexibility index (Phi) is 8.16. The molecule has 0 aromatic carbocycles. The number of carbonyl (C=O) groups is 5. The van der Waals surface area contributed by atoms with Crippen molar-refractivity contribution in [2.45, 2.75) is 88.1 Å². The van der Waals surface area contributed by atoms with Crippen molar-refractivity contribution in [3.63, 3.8) is 0 Å². The smallest absolute Gasteiger partial charge is 0.333 e. The van der Waals surface area contributed by atoms with E-state index in [2.05, 4.69) is 16.0 Å². The molecule has 3 fully saturated rings. The molecule has 3 aliphatic rings. The van der Waals surface area contributed by atoms with Crippen LogP contribution in [0.3, 0.4) is 0 Å². The second-order valence-electron chi connectivity index (χ2n) is 8.27. The molecule has 0 aliphatic carbocycles. The molecule has 11 heteroatoms. The topological polar surface area (TPSA) is 134 Å². The Hall–Kier alpha value is -2.30. The molecule has 172 valence electrons. The van der Waals surface area contributed by atoms with E-state index in [1.807, 2.05) is 18.7 Å². The van der Waals surface area contributed by atoms with Gasteiger partial charge >= 0.3 is 12.0 Å². The van der Waals surface area contributed by atoms with E-state index in [4.69, 9.17) is 4.84 Å². The Balaban J connectivity index is 1.22. The van der Waals surface area contributed by atoms with E-state index in [9.17, 15) is 24.0 Å². The normalized spacial score (nSPS) is 25.8. The van der Waals surface area contributed by atoms with Crippen LogP contribution in [0.15, 0.2) is 0 Å². The van der Waals surface area contributed by atoms with Crippen LogP contribution in [-0.2, 0) is 24.0 Å². The molecule has 0 radical (unpaired) electrons. The number of urea groups is 1. The first-order valence-corrected chi connectivity index (χ1v) is 11.9. The second kappa shape index (κ2) is 10.8. The fraction of sp³-hybridized carbons (Fsp3) is 0.750. The highest BCUT2D eigenvalue weighted by atomic mass is 32.2. The van der Waals surface area contributed by atoms with Crippen molar-refractivity contribution in [2.24, 2.45) is 0 Å². The molecule has 4 atom stereocenters. The van der Waals surface area contributed by atoms with Crippen molar-refractivity contribution in [3.8, 4) is 0 Å². The fourth-order valence-electron chi connectivity index (χ4n) is 4.05. The Morgan fingerprint density at radius 1 is 1.13 bits per heavy atom. The average molecular weight is 455 g/mol. The fourth-order valence-corrected chi connectivity index (χ4v) is 5.59. The maximum atomic E-state index is 12.1. The molecule has 0 aromatic rings. The summed E-state index contributed by atoms with van der Waals surface area (Å²) in [6, 6.07) is 0.251. The first-order chi connectivity index (χ1) is 14.8. The Morgan fingerprint density at radius 3 is 2.61 bits per heavy atom. The van der Waals surface area contributed by atoms with Crippen molar-refractivity contribution in [3.05, 3.63) is 0 Å². The zero-order valence-corrected chi connectivity index (χ0v) is 18.5. The van der Waals surface area contributed by atoms with Gasteiger partial charge in [-0.2, -0.15) is 11.8 Å². The Labute approximate surface area is 185 Å². The molecule has 0 spiro atoms. The maximum absolute atomic E-state index is 12.1. The van der Waals surface area contributed by atoms with Gasteiger partial charge in [0.05, 0.1) is 12.1 Å². The highest BCUT2D eigenvalue weighted by Crippen LogP contribution is 2.33. The molecule has 0 bridgehead atoms. The minimum absolute atomic E-state index is 0.0175. The van der Waals surface area contributed by atoms with E-state index in [0.29, 0.717) is 29.6 Å². The summed E-state index contributed by atoms with van der Waals surface area (Å²) < 4.78 is 0. The third-order valence-corrected chi connectivity index (χ3v) is 7.21. The van der Waals surface area contributed by atoms with Gasteiger partial charge in [-0.05, 0) is 32.6 Å². The van der Waals surface area contributed by atoms with Crippen LogP contribution >= 0.6 is 11.8 Å². The van der Waals surface area contributed by atoms with Crippen molar-refractivity contribution >= 4 is 41.5 Å². The van der Waals surface area contributed by atoms with E-state index < -0.39 is 17.8 Å². The van der Waals surface area contributed by atoms with Crippen LogP contribution in [0.4, 0.5) is 4.79 Å². The predicted molar refractivity (Wildman–Crippen MR) is 113 cm³/mol. The molecule has 0 aromatic heterocycles. The number of fused-ring (bicyclic) bond motifs is 1. The van der Waals surface area contributed by atoms with Gasteiger partial charge in [0.1, 0.15) is 0 Å². The lowest BCUT2D eigenvalue weighted by atomic mass is 10.0. The van der Waals surface area contributed by atoms with Gasteiger partial charge in [0, 0.05) is 42.7 Å². The Bertz CT molecular complexity index is 716. The van der Waals surface area contributed by atoms with Crippen LogP contribution in [0, 0.1) is 0 Å². The second-order valence-corrected chi connectivity index (χ2v) is 9.55. The number of imide groups is 1. The van der Waals surface area contributed by atoms with Crippen LogP contribution in [0.5, 0.6) is 0 Å². The number of thioether (sulfide) groups is 1. The number of hydrogen-bond acceptors (Lipinski definition) is 7. The lowest BCUT2D eigenvalue weighted by Crippen LogP contribution is -2.36. The van der Waals surface area contributed by atoms with E-state index in [-0.39, 0.29) is 49.3 Å². The summed E-state index contributed by atoms with van der Waals surface area (Å²) >= 11 is 1.87. The first-order valence-electron chi connectivity index (χ1n) is 10.9. The summed E-state index contributed by atoms with van der Waals surface area (Å²) in [6.07, 6.45) is 4.44. The quantitative estimate of drug-likeness (QED) is 0.241. The lowest BCUT2D eigenvalue weighted by Gasteiger charge is -2.17.